The molecule has 0 bridgehead atoms. The lowest BCUT2D eigenvalue weighted by Crippen LogP contribution is -2.26. The minimum absolute atomic E-state index is 0.316. The highest BCUT2D eigenvalue weighted by Crippen LogP contribution is 2.33. The summed E-state index contributed by atoms with van der Waals surface area (Å²) >= 11 is 0. The second kappa shape index (κ2) is 6.10. The molecular weight excluding hydrogens is 232 g/mol. The Morgan fingerprint density at radius 3 is 2.16 bits per heavy atom. The van der Waals surface area contributed by atoms with E-state index in [1.54, 1.807) is 0 Å². The number of ether oxygens (including phenoxy) is 1. The molecule has 0 saturated heterocycles. The van der Waals surface area contributed by atoms with Crippen molar-refractivity contribution in [2.45, 2.75) is 40.0 Å². The normalized spacial score (nSPS) is 11.7. The van der Waals surface area contributed by atoms with Gasteiger partial charge >= 0.3 is 0 Å². The van der Waals surface area contributed by atoms with Crippen LogP contribution < -0.4 is 4.74 Å². The van der Waals surface area contributed by atoms with E-state index in [0.29, 0.717) is 5.41 Å². The molecule has 0 aromatic heterocycles. The fraction of sp³-hybridized carbons (Fsp3) is 0.444. The molecule has 0 radical (unpaired) electrons. The van der Waals surface area contributed by atoms with Crippen molar-refractivity contribution in [3.63, 3.8) is 0 Å². The van der Waals surface area contributed by atoms with Gasteiger partial charge in [-0.1, -0.05) is 57.2 Å². The molecule has 2 aromatic rings. The van der Waals surface area contributed by atoms with Crippen LogP contribution in [0.25, 0.3) is 10.8 Å². The highest BCUT2D eigenvalue weighted by molar-refractivity contribution is 5.88. The average molecular weight is 256 g/mol. The van der Waals surface area contributed by atoms with Crippen LogP contribution in [0.2, 0.25) is 0 Å². The molecule has 0 aliphatic rings. The van der Waals surface area contributed by atoms with Crippen LogP contribution in [0, 0.1) is 5.41 Å². The van der Waals surface area contributed by atoms with Gasteiger partial charge in [0.15, 0.2) is 0 Å². The maximum atomic E-state index is 6.16. The van der Waals surface area contributed by atoms with Crippen LogP contribution in [0.4, 0.5) is 0 Å². The molecule has 102 valence electrons. The standard InChI is InChI=1S/C18H24O/c1-4-18(5-2,6-3)14-19-17-13-9-11-15-10-7-8-12-16(15)17/h7-13H,4-6,14H2,1-3H3. The molecule has 0 N–H and O–H groups in total. The van der Waals surface area contributed by atoms with E-state index in [1.807, 2.05) is 0 Å². The van der Waals surface area contributed by atoms with E-state index in [-0.39, 0.29) is 0 Å². The summed E-state index contributed by atoms with van der Waals surface area (Å²) in [5.74, 6) is 1.01. The Hall–Kier alpha value is -1.50. The Labute approximate surface area is 116 Å². The minimum atomic E-state index is 0.316. The Balaban J connectivity index is 2.22. The summed E-state index contributed by atoms with van der Waals surface area (Å²) in [5.41, 5.74) is 0.316. The number of rotatable bonds is 6. The van der Waals surface area contributed by atoms with Crippen molar-refractivity contribution >= 4 is 10.8 Å². The minimum Gasteiger partial charge on any atom is -0.492 e. The van der Waals surface area contributed by atoms with Crippen molar-refractivity contribution in [1.82, 2.24) is 0 Å². The van der Waals surface area contributed by atoms with E-state index in [1.165, 1.54) is 30.0 Å². The predicted octanol–water partition coefficient (Wildman–Crippen LogP) is 5.44. The van der Waals surface area contributed by atoms with Gasteiger partial charge in [-0.15, -0.1) is 0 Å². The Morgan fingerprint density at radius 2 is 1.47 bits per heavy atom. The summed E-state index contributed by atoms with van der Waals surface area (Å²) in [6.45, 7) is 7.60. The van der Waals surface area contributed by atoms with E-state index in [2.05, 4.69) is 63.2 Å². The quantitative estimate of drug-likeness (QED) is 0.669. The molecule has 0 aliphatic carbocycles. The molecule has 0 fully saturated rings. The zero-order valence-corrected chi connectivity index (χ0v) is 12.3. The highest BCUT2D eigenvalue weighted by atomic mass is 16.5. The highest BCUT2D eigenvalue weighted by Gasteiger charge is 2.25. The molecule has 1 heteroatoms. The molecular formula is C18H24O. The molecule has 0 heterocycles. The molecule has 0 unspecified atom stereocenters. The Morgan fingerprint density at radius 1 is 0.842 bits per heavy atom. The maximum absolute atomic E-state index is 6.16. The molecule has 2 aromatic carbocycles. The van der Waals surface area contributed by atoms with Crippen molar-refractivity contribution in [2.24, 2.45) is 5.41 Å². The van der Waals surface area contributed by atoms with Crippen molar-refractivity contribution in [1.29, 1.82) is 0 Å². The molecule has 0 aliphatic heterocycles. The lowest BCUT2D eigenvalue weighted by Gasteiger charge is -2.30. The SMILES string of the molecule is CCC(CC)(CC)COc1cccc2ccccc12. The zero-order chi connectivity index (χ0) is 13.7. The summed E-state index contributed by atoms with van der Waals surface area (Å²) < 4.78 is 6.16. The van der Waals surface area contributed by atoms with Gasteiger partial charge < -0.3 is 4.74 Å². The second-order valence-electron chi connectivity index (χ2n) is 5.33. The Bertz CT molecular complexity index is 512. The van der Waals surface area contributed by atoms with Crippen LogP contribution in [-0.2, 0) is 0 Å². The van der Waals surface area contributed by atoms with Gasteiger partial charge in [-0.05, 0) is 30.7 Å². The van der Waals surface area contributed by atoms with E-state index in [4.69, 9.17) is 4.74 Å². The summed E-state index contributed by atoms with van der Waals surface area (Å²) in [6, 6.07) is 14.7. The van der Waals surface area contributed by atoms with Gasteiger partial charge in [0.1, 0.15) is 5.75 Å². The van der Waals surface area contributed by atoms with E-state index in [9.17, 15) is 0 Å². The van der Waals surface area contributed by atoms with Gasteiger partial charge in [0.2, 0.25) is 0 Å². The van der Waals surface area contributed by atoms with Crippen molar-refractivity contribution in [2.75, 3.05) is 6.61 Å². The molecule has 2 rings (SSSR count). The third kappa shape index (κ3) is 2.91. The second-order valence-corrected chi connectivity index (χ2v) is 5.33. The molecule has 1 nitrogen and oxygen atoms in total. The molecule has 0 saturated carbocycles. The topological polar surface area (TPSA) is 9.23 Å². The largest absolute Gasteiger partial charge is 0.492 e. The monoisotopic (exact) mass is 256 g/mol. The molecule has 0 spiro atoms. The smallest absolute Gasteiger partial charge is 0.127 e. The van der Waals surface area contributed by atoms with Crippen LogP contribution in [0.15, 0.2) is 42.5 Å². The fourth-order valence-corrected chi connectivity index (χ4v) is 2.61. The number of hydrogen-bond acceptors (Lipinski definition) is 1. The average Bonchev–Trinajstić information content (AvgIpc) is 2.49. The molecule has 0 atom stereocenters. The molecule has 0 amide bonds. The third-order valence-corrected chi connectivity index (χ3v) is 4.53. The van der Waals surface area contributed by atoms with Gasteiger partial charge in [0.05, 0.1) is 6.61 Å². The van der Waals surface area contributed by atoms with E-state index < -0.39 is 0 Å². The van der Waals surface area contributed by atoms with Crippen molar-refractivity contribution in [3.05, 3.63) is 42.5 Å². The number of fused-ring (bicyclic) bond motifs is 1. The van der Waals surface area contributed by atoms with Crippen molar-refractivity contribution < 1.29 is 4.74 Å². The molecule has 19 heavy (non-hydrogen) atoms. The van der Waals surface area contributed by atoms with Gasteiger partial charge in [-0.25, -0.2) is 0 Å². The lowest BCUT2D eigenvalue weighted by atomic mass is 9.81. The first-order valence-electron chi connectivity index (χ1n) is 7.35. The zero-order valence-electron chi connectivity index (χ0n) is 12.3. The van der Waals surface area contributed by atoms with Crippen LogP contribution in [0.3, 0.4) is 0 Å². The summed E-state index contributed by atoms with van der Waals surface area (Å²) in [5, 5.41) is 2.46. The lowest BCUT2D eigenvalue weighted by molar-refractivity contribution is 0.129. The number of benzene rings is 2. The van der Waals surface area contributed by atoms with E-state index >= 15 is 0 Å². The third-order valence-electron chi connectivity index (χ3n) is 4.53. The maximum Gasteiger partial charge on any atom is 0.127 e. The predicted molar refractivity (Wildman–Crippen MR) is 82.7 cm³/mol. The summed E-state index contributed by atoms with van der Waals surface area (Å²) in [7, 11) is 0. The summed E-state index contributed by atoms with van der Waals surface area (Å²) in [6.07, 6.45) is 3.51. The first kappa shape index (κ1) is 13.9. The van der Waals surface area contributed by atoms with Crippen LogP contribution in [0.5, 0.6) is 5.75 Å². The van der Waals surface area contributed by atoms with E-state index in [0.717, 1.165) is 12.4 Å². The first-order chi connectivity index (χ1) is 9.24. The van der Waals surface area contributed by atoms with Gasteiger partial charge in [0.25, 0.3) is 0 Å². The fourth-order valence-electron chi connectivity index (χ4n) is 2.61. The van der Waals surface area contributed by atoms with Gasteiger partial charge in [-0.2, -0.15) is 0 Å². The van der Waals surface area contributed by atoms with Gasteiger partial charge in [-0.3, -0.25) is 0 Å². The first-order valence-corrected chi connectivity index (χ1v) is 7.35. The number of hydrogen-bond donors (Lipinski definition) is 0. The van der Waals surface area contributed by atoms with Crippen molar-refractivity contribution in [3.8, 4) is 5.75 Å². The van der Waals surface area contributed by atoms with Crippen LogP contribution in [-0.4, -0.2) is 6.61 Å². The van der Waals surface area contributed by atoms with Crippen LogP contribution >= 0.6 is 0 Å². The summed E-state index contributed by atoms with van der Waals surface area (Å²) in [4.78, 5) is 0. The van der Waals surface area contributed by atoms with Gasteiger partial charge in [0, 0.05) is 10.8 Å². The van der Waals surface area contributed by atoms with Crippen LogP contribution in [0.1, 0.15) is 40.0 Å². The Kier molecular flexibility index (Phi) is 4.47.